The van der Waals surface area contributed by atoms with Gasteiger partial charge in [0.2, 0.25) is 15.2 Å². The van der Waals surface area contributed by atoms with Gasteiger partial charge in [-0.3, -0.25) is 4.79 Å². The lowest BCUT2D eigenvalue weighted by Gasteiger charge is -2.40. The molecule has 2 heterocycles. The maximum atomic E-state index is 13.1. The van der Waals surface area contributed by atoms with Crippen LogP contribution in [0.3, 0.4) is 0 Å². The van der Waals surface area contributed by atoms with Crippen molar-refractivity contribution in [2.75, 3.05) is 13.7 Å². The molecule has 32 heavy (non-hydrogen) atoms. The van der Waals surface area contributed by atoms with Gasteiger partial charge in [0.1, 0.15) is 5.56 Å². The summed E-state index contributed by atoms with van der Waals surface area (Å²) in [5.41, 5.74) is -1.15. The summed E-state index contributed by atoms with van der Waals surface area (Å²) in [6, 6.07) is -0.297. The number of methoxy groups -OCH3 is 1. The zero-order valence-electron chi connectivity index (χ0n) is 20.2. The number of carbonyl (C=O) groups is 1. The molecule has 0 saturated carbocycles. The molecule has 2 aromatic heterocycles. The fourth-order valence-corrected chi connectivity index (χ4v) is 4.50. The highest BCUT2D eigenvalue weighted by Crippen LogP contribution is 2.37. The van der Waals surface area contributed by atoms with Gasteiger partial charge in [0.15, 0.2) is 16.3 Å². The van der Waals surface area contributed by atoms with Gasteiger partial charge >= 0.3 is 5.97 Å². The summed E-state index contributed by atoms with van der Waals surface area (Å²) < 4.78 is 18.5. The van der Waals surface area contributed by atoms with E-state index in [-0.39, 0.29) is 61.1 Å². The molecule has 1 atom stereocenters. The lowest BCUT2D eigenvalue weighted by molar-refractivity contribution is 0.0284. The Balaban J connectivity index is 2.86. The summed E-state index contributed by atoms with van der Waals surface area (Å²) in [6.07, 6.45) is 1.49. The maximum Gasteiger partial charge on any atom is 0.343 e. The summed E-state index contributed by atoms with van der Waals surface area (Å²) in [4.78, 5) is 34.4. The van der Waals surface area contributed by atoms with Gasteiger partial charge in [0, 0.05) is 6.20 Å². The number of nitrogens with zero attached hydrogens (tertiary/aromatic N) is 3. The van der Waals surface area contributed by atoms with Crippen molar-refractivity contribution in [3.63, 3.8) is 0 Å². The third kappa shape index (κ3) is 5.68. The van der Waals surface area contributed by atoms with Crippen LogP contribution >= 0.6 is 11.6 Å². The zero-order valence-corrected chi connectivity index (χ0v) is 22.0. The van der Waals surface area contributed by atoms with Crippen molar-refractivity contribution in [3.05, 3.63) is 27.1 Å². The van der Waals surface area contributed by atoms with E-state index in [1.165, 1.54) is 13.3 Å². The van der Waals surface area contributed by atoms with E-state index < -0.39 is 17.0 Å². The Labute approximate surface area is 196 Å². The van der Waals surface area contributed by atoms with Gasteiger partial charge in [-0.25, -0.2) is 9.78 Å². The average Bonchev–Trinajstić information content (AvgIpc) is 2.67. The first kappa shape index (κ1) is 26.3. The second kappa shape index (κ2) is 9.89. The molecule has 0 spiro atoms. The van der Waals surface area contributed by atoms with E-state index >= 15 is 0 Å². The fourth-order valence-electron chi connectivity index (χ4n) is 3.61. The van der Waals surface area contributed by atoms with Crippen LogP contribution in [0.4, 0.5) is 0 Å². The zero-order chi connectivity index (χ0) is 24.4. The van der Waals surface area contributed by atoms with Crippen molar-refractivity contribution >= 4 is 38.5 Å². The van der Waals surface area contributed by atoms with Crippen LogP contribution in [-0.2, 0) is 9.16 Å². The minimum absolute atomic E-state index is 0.0168. The first-order chi connectivity index (χ1) is 14.7. The molecule has 10 heteroatoms. The highest BCUT2D eigenvalue weighted by molar-refractivity contribution is 6.32. The van der Waals surface area contributed by atoms with Crippen LogP contribution < -0.4 is 10.2 Å². The molecular weight excluding hydrogens is 450 g/mol. The van der Waals surface area contributed by atoms with Crippen LogP contribution in [0, 0.1) is 5.92 Å². The van der Waals surface area contributed by atoms with E-state index in [1.807, 2.05) is 27.7 Å². The number of rotatable bonds is 8. The van der Waals surface area contributed by atoms with Crippen LogP contribution in [-0.4, -0.2) is 49.6 Å². The summed E-state index contributed by atoms with van der Waals surface area (Å²) in [7, 11) is 1.66. The summed E-state index contributed by atoms with van der Waals surface area (Å²) in [5.74, 6) is -0.576. The van der Waals surface area contributed by atoms with Gasteiger partial charge in [-0.05, 0) is 31.7 Å². The third-order valence-corrected chi connectivity index (χ3v) is 6.22. The number of hydrogen-bond acceptors (Lipinski definition) is 7. The highest BCUT2D eigenvalue weighted by Gasteiger charge is 2.37. The molecule has 2 aromatic rings. The van der Waals surface area contributed by atoms with Crippen molar-refractivity contribution in [2.45, 2.75) is 72.1 Å². The molecule has 0 aliphatic rings. The van der Waals surface area contributed by atoms with E-state index in [0.29, 0.717) is 0 Å². The van der Waals surface area contributed by atoms with E-state index in [4.69, 9.17) is 25.5 Å². The standard InChI is InChI=1S/C22H32ClN3O5Si/c1-10-30-20(28)13-11-26(16(12(2)3)22(7,8)31-32-21(4,5)6)18-14(15(13)27)24-17(23)19(25-18)29-9/h11-12,16H,10H2,1-9H3/t16-/m0/s1. The van der Waals surface area contributed by atoms with Crippen LogP contribution in [0.1, 0.15) is 71.8 Å². The van der Waals surface area contributed by atoms with Gasteiger partial charge in [0.05, 0.1) is 25.4 Å². The predicted octanol–water partition coefficient (Wildman–Crippen LogP) is 4.46. The predicted molar refractivity (Wildman–Crippen MR) is 126 cm³/mol. The molecule has 0 aliphatic carbocycles. The SMILES string of the molecule is CCOC(=O)c1cn([C@@H](C(C)C)C(C)(C)O[Si]C(C)(C)C)c2nc(OC)c(Cl)nc2c1=O. The monoisotopic (exact) mass is 481 g/mol. The van der Waals surface area contributed by atoms with Crippen molar-refractivity contribution in [3.8, 4) is 5.88 Å². The molecule has 0 saturated heterocycles. The highest BCUT2D eigenvalue weighted by atomic mass is 35.5. The normalized spacial score (nSPS) is 13.5. The van der Waals surface area contributed by atoms with Crippen molar-refractivity contribution < 1.29 is 18.7 Å². The first-order valence-electron chi connectivity index (χ1n) is 10.5. The number of hydrogen-bond donors (Lipinski definition) is 0. The van der Waals surface area contributed by atoms with E-state index in [2.05, 4.69) is 30.7 Å². The van der Waals surface area contributed by atoms with Gasteiger partial charge in [-0.2, -0.15) is 4.98 Å². The van der Waals surface area contributed by atoms with Crippen LogP contribution in [0.25, 0.3) is 11.2 Å². The van der Waals surface area contributed by atoms with E-state index in [1.54, 1.807) is 11.5 Å². The molecule has 0 unspecified atom stereocenters. The topological polar surface area (TPSA) is 92.5 Å². The molecule has 0 aliphatic heterocycles. The Hall–Kier alpha value is -1.97. The molecule has 0 aromatic carbocycles. The Kier molecular flexibility index (Phi) is 8.12. The van der Waals surface area contributed by atoms with Crippen molar-refractivity contribution in [1.29, 1.82) is 0 Å². The molecule has 2 radical (unpaired) electrons. The Morgan fingerprint density at radius 1 is 1.22 bits per heavy atom. The van der Waals surface area contributed by atoms with Gasteiger partial charge in [0.25, 0.3) is 5.88 Å². The van der Waals surface area contributed by atoms with Crippen molar-refractivity contribution in [2.24, 2.45) is 5.92 Å². The summed E-state index contributed by atoms with van der Waals surface area (Å²) in [6.45, 7) is 16.2. The maximum absolute atomic E-state index is 13.1. The van der Waals surface area contributed by atoms with Crippen LogP contribution in [0.15, 0.2) is 11.0 Å². The molecular formula is C22H32ClN3O5Si. The minimum Gasteiger partial charge on any atom is -0.479 e. The number of ether oxygens (including phenoxy) is 2. The summed E-state index contributed by atoms with van der Waals surface area (Å²) in [5, 5.41) is -0.0766. The Bertz CT molecular complexity index is 1050. The molecule has 0 bridgehead atoms. The number of aromatic nitrogens is 3. The number of fused-ring (bicyclic) bond motifs is 1. The van der Waals surface area contributed by atoms with E-state index in [9.17, 15) is 9.59 Å². The average molecular weight is 482 g/mol. The third-order valence-electron chi connectivity index (χ3n) is 4.73. The number of pyridine rings is 1. The summed E-state index contributed by atoms with van der Waals surface area (Å²) >= 11 is 6.17. The molecule has 176 valence electrons. The minimum atomic E-state index is -0.723. The quantitative estimate of drug-likeness (QED) is 0.406. The number of carbonyl (C=O) groups excluding carboxylic acids is 1. The molecule has 0 amide bonds. The fraction of sp³-hybridized carbons (Fsp3) is 0.636. The molecule has 0 N–H and O–H groups in total. The van der Waals surface area contributed by atoms with Gasteiger partial charge in [-0.15, -0.1) is 0 Å². The molecule has 2 rings (SSSR count). The Morgan fingerprint density at radius 2 is 1.84 bits per heavy atom. The molecule has 0 fully saturated rings. The second-order valence-corrected chi connectivity index (χ2v) is 11.7. The van der Waals surface area contributed by atoms with Gasteiger partial charge in [-0.1, -0.05) is 46.2 Å². The second-order valence-electron chi connectivity index (χ2n) is 9.44. The Morgan fingerprint density at radius 3 is 2.34 bits per heavy atom. The lowest BCUT2D eigenvalue weighted by atomic mass is 9.88. The lowest BCUT2D eigenvalue weighted by Crippen LogP contribution is -2.42. The van der Waals surface area contributed by atoms with Gasteiger partial charge < -0.3 is 18.5 Å². The van der Waals surface area contributed by atoms with E-state index in [0.717, 1.165) is 0 Å². The smallest absolute Gasteiger partial charge is 0.343 e. The largest absolute Gasteiger partial charge is 0.479 e. The van der Waals surface area contributed by atoms with Crippen LogP contribution in [0.5, 0.6) is 5.88 Å². The van der Waals surface area contributed by atoms with Crippen molar-refractivity contribution in [1.82, 2.24) is 14.5 Å². The number of esters is 1. The number of halogens is 1. The first-order valence-corrected chi connectivity index (χ1v) is 11.8. The molecule has 8 nitrogen and oxygen atoms in total. The van der Waals surface area contributed by atoms with Crippen LogP contribution in [0.2, 0.25) is 10.2 Å².